The highest BCUT2D eigenvalue weighted by Crippen LogP contribution is 2.29. The van der Waals surface area contributed by atoms with E-state index in [4.69, 9.17) is 0 Å². The molecule has 1 aromatic heterocycles. The number of hydrogen-bond acceptors (Lipinski definition) is 3. The summed E-state index contributed by atoms with van der Waals surface area (Å²) >= 11 is 1.65. The average molecular weight is 326 g/mol. The maximum Gasteiger partial charge on any atom is 0.255 e. The number of rotatable bonds is 3. The SMILES string of the molecule is O=C(c1cccc2c1C(=O)N(Cc1cccs1)C2)N1CCCC1. The second-order valence-electron chi connectivity index (χ2n) is 6.08. The van der Waals surface area contributed by atoms with Crippen LogP contribution in [0.4, 0.5) is 0 Å². The van der Waals surface area contributed by atoms with Crippen molar-refractivity contribution in [2.45, 2.75) is 25.9 Å². The summed E-state index contributed by atoms with van der Waals surface area (Å²) in [5.41, 5.74) is 2.15. The summed E-state index contributed by atoms with van der Waals surface area (Å²) in [6, 6.07) is 9.69. The normalized spacial score (nSPS) is 17.0. The van der Waals surface area contributed by atoms with E-state index in [9.17, 15) is 9.59 Å². The third kappa shape index (κ3) is 2.55. The van der Waals surface area contributed by atoms with Gasteiger partial charge in [0, 0.05) is 24.5 Å². The van der Waals surface area contributed by atoms with Gasteiger partial charge in [0.25, 0.3) is 11.8 Å². The van der Waals surface area contributed by atoms with Crippen molar-refractivity contribution in [2.24, 2.45) is 0 Å². The molecule has 0 spiro atoms. The first-order valence-electron chi connectivity index (χ1n) is 7.97. The zero-order valence-corrected chi connectivity index (χ0v) is 13.6. The zero-order chi connectivity index (χ0) is 15.8. The predicted octanol–water partition coefficient (Wildman–Crippen LogP) is 3.14. The summed E-state index contributed by atoms with van der Waals surface area (Å²) in [7, 11) is 0. The molecule has 0 N–H and O–H groups in total. The first kappa shape index (κ1) is 14.5. The molecule has 23 heavy (non-hydrogen) atoms. The van der Waals surface area contributed by atoms with Gasteiger partial charge >= 0.3 is 0 Å². The summed E-state index contributed by atoms with van der Waals surface area (Å²) in [5.74, 6) is -0.0118. The highest BCUT2D eigenvalue weighted by Gasteiger charge is 2.33. The molecule has 2 aliphatic heterocycles. The van der Waals surface area contributed by atoms with Gasteiger partial charge in [0.05, 0.1) is 17.7 Å². The monoisotopic (exact) mass is 326 g/mol. The second-order valence-corrected chi connectivity index (χ2v) is 7.11. The van der Waals surface area contributed by atoms with Crippen molar-refractivity contribution in [1.82, 2.24) is 9.80 Å². The van der Waals surface area contributed by atoms with Crippen LogP contribution in [0.3, 0.4) is 0 Å². The van der Waals surface area contributed by atoms with Gasteiger partial charge in [-0.2, -0.15) is 0 Å². The number of thiophene rings is 1. The third-order valence-electron chi connectivity index (χ3n) is 4.56. The molecule has 2 aliphatic rings. The zero-order valence-electron chi connectivity index (χ0n) is 12.8. The number of hydrogen-bond donors (Lipinski definition) is 0. The Balaban J connectivity index is 1.63. The van der Waals surface area contributed by atoms with Crippen molar-refractivity contribution in [1.29, 1.82) is 0 Å². The highest BCUT2D eigenvalue weighted by molar-refractivity contribution is 7.09. The van der Waals surface area contributed by atoms with Gasteiger partial charge in [-0.1, -0.05) is 18.2 Å². The molecule has 1 aromatic carbocycles. The van der Waals surface area contributed by atoms with Crippen LogP contribution in [0.25, 0.3) is 0 Å². The van der Waals surface area contributed by atoms with E-state index in [1.165, 1.54) is 4.88 Å². The van der Waals surface area contributed by atoms with Gasteiger partial charge in [-0.15, -0.1) is 11.3 Å². The quantitative estimate of drug-likeness (QED) is 0.869. The summed E-state index contributed by atoms with van der Waals surface area (Å²) in [6.45, 7) is 2.81. The Bertz CT molecular complexity index is 748. The Labute approximate surface area is 139 Å². The predicted molar refractivity (Wildman–Crippen MR) is 89.5 cm³/mol. The van der Waals surface area contributed by atoms with E-state index < -0.39 is 0 Å². The lowest BCUT2D eigenvalue weighted by molar-refractivity contribution is 0.0744. The fraction of sp³-hybridized carbons (Fsp3) is 0.333. The molecule has 5 heteroatoms. The molecule has 1 saturated heterocycles. The van der Waals surface area contributed by atoms with Crippen LogP contribution >= 0.6 is 11.3 Å². The third-order valence-corrected chi connectivity index (χ3v) is 5.42. The van der Waals surface area contributed by atoms with Crippen LogP contribution in [0, 0.1) is 0 Å². The number of amides is 2. The first-order chi connectivity index (χ1) is 11.2. The average Bonchev–Trinajstić information content (AvgIpc) is 3.30. The highest BCUT2D eigenvalue weighted by atomic mass is 32.1. The molecule has 0 radical (unpaired) electrons. The van der Waals surface area contributed by atoms with Crippen molar-refractivity contribution in [3.05, 3.63) is 57.3 Å². The van der Waals surface area contributed by atoms with Crippen LogP contribution < -0.4 is 0 Å². The number of fused-ring (bicyclic) bond motifs is 1. The van der Waals surface area contributed by atoms with Gasteiger partial charge in [-0.05, 0) is 35.9 Å². The molecule has 0 saturated carbocycles. The van der Waals surface area contributed by atoms with Crippen molar-refractivity contribution >= 4 is 23.2 Å². The summed E-state index contributed by atoms with van der Waals surface area (Å²) in [6.07, 6.45) is 2.11. The molecular formula is C18H18N2O2S. The lowest BCUT2D eigenvalue weighted by Crippen LogP contribution is -2.30. The van der Waals surface area contributed by atoms with Gasteiger partial charge in [-0.25, -0.2) is 0 Å². The van der Waals surface area contributed by atoms with Gasteiger partial charge < -0.3 is 9.80 Å². The minimum absolute atomic E-state index is 0.00525. The van der Waals surface area contributed by atoms with E-state index in [0.717, 1.165) is 31.5 Å². The molecule has 3 heterocycles. The Morgan fingerprint density at radius 3 is 2.70 bits per heavy atom. The van der Waals surface area contributed by atoms with Gasteiger partial charge in [-0.3, -0.25) is 9.59 Å². The molecule has 1 fully saturated rings. The minimum Gasteiger partial charge on any atom is -0.339 e. The van der Waals surface area contributed by atoms with Gasteiger partial charge in [0.2, 0.25) is 0 Å². The van der Waals surface area contributed by atoms with Crippen LogP contribution in [0.5, 0.6) is 0 Å². The number of carbonyl (C=O) groups excluding carboxylic acids is 2. The minimum atomic E-state index is -0.0171. The van der Waals surface area contributed by atoms with Crippen LogP contribution in [0.15, 0.2) is 35.7 Å². The molecule has 4 rings (SSSR count). The molecule has 0 aliphatic carbocycles. The Morgan fingerprint density at radius 2 is 1.96 bits per heavy atom. The van der Waals surface area contributed by atoms with Crippen LogP contribution in [0.2, 0.25) is 0 Å². The lowest BCUT2D eigenvalue weighted by Gasteiger charge is -2.17. The van der Waals surface area contributed by atoms with E-state index in [2.05, 4.69) is 0 Å². The van der Waals surface area contributed by atoms with Gasteiger partial charge in [0.15, 0.2) is 0 Å². The van der Waals surface area contributed by atoms with Crippen LogP contribution in [0.1, 0.15) is 44.0 Å². The Morgan fingerprint density at radius 1 is 1.13 bits per heavy atom. The maximum atomic E-state index is 12.8. The van der Waals surface area contributed by atoms with E-state index in [1.54, 1.807) is 17.4 Å². The van der Waals surface area contributed by atoms with Crippen LogP contribution in [-0.2, 0) is 13.1 Å². The van der Waals surface area contributed by atoms with E-state index in [1.807, 2.05) is 39.4 Å². The topological polar surface area (TPSA) is 40.6 Å². The van der Waals surface area contributed by atoms with Crippen LogP contribution in [-0.4, -0.2) is 34.7 Å². The summed E-state index contributed by atoms with van der Waals surface area (Å²) in [4.78, 5) is 30.4. The van der Waals surface area contributed by atoms with Crippen molar-refractivity contribution in [3.63, 3.8) is 0 Å². The number of likely N-dealkylation sites (tertiary alicyclic amines) is 1. The smallest absolute Gasteiger partial charge is 0.255 e. The molecule has 0 unspecified atom stereocenters. The van der Waals surface area contributed by atoms with Crippen molar-refractivity contribution < 1.29 is 9.59 Å². The fourth-order valence-corrected chi connectivity index (χ4v) is 4.13. The second kappa shape index (κ2) is 5.81. The molecule has 118 valence electrons. The summed E-state index contributed by atoms with van der Waals surface area (Å²) in [5, 5.41) is 2.02. The number of nitrogens with zero attached hydrogens (tertiary/aromatic N) is 2. The Kier molecular flexibility index (Phi) is 3.65. The number of carbonyl (C=O) groups is 2. The van der Waals surface area contributed by atoms with Gasteiger partial charge in [0.1, 0.15) is 0 Å². The van der Waals surface area contributed by atoms with E-state index in [0.29, 0.717) is 24.2 Å². The molecule has 0 bridgehead atoms. The van der Waals surface area contributed by atoms with E-state index >= 15 is 0 Å². The lowest BCUT2D eigenvalue weighted by atomic mass is 10.0. The number of benzene rings is 1. The first-order valence-corrected chi connectivity index (χ1v) is 8.85. The standard InChI is InChI=1S/C18H18N2O2S/c21-17(19-8-1-2-9-19)15-7-3-5-13-11-20(18(22)16(13)15)12-14-6-4-10-23-14/h3-7,10H,1-2,8-9,11-12H2. The van der Waals surface area contributed by atoms with E-state index in [-0.39, 0.29) is 11.8 Å². The largest absolute Gasteiger partial charge is 0.339 e. The molecule has 4 nitrogen and oxygen atoms in total. The fourth-order valence-electron chi connectivity index (χ4n) is 3.41. The molecule has 0 atom stereocenters. The molecule has 2 amide bonds. The summed E-state index contributed by atoms with van der Waals surface area (Å²) < 4.78 is 0. The van der Waals surface area contributed by atoms with Crippen molar-refractivity contribution in [3.8, 4) is 0 Å². The van der Waals surface area contributed by atoms with Crippen molar-refractivity contribution in [2.75, 3.05) is 13.1 Å². The Hall–Kier alpha value is -2.14. The maximum absolute atomic E-state index is 12.8. The molecule has 2 aromatic rings. The molecular weight excluding hydrogens is 308 g/mol.